The maximum Gasteiger partial charge on any atom is 0.279 e. The van der Waals surface area contributed by atoms with Crippen molar-refractivity contribution in [1.82, 2.24) is 4.90 Å². The highest BCUT2D eigenvalue weighted by Crippen LogP contribution is 2.27. The molecule has 1 aromatic carbocycles. The van der Waals surface area contributed by atoms with E-state index in [2.05, 4.69) is 24.3 Å². The van der Waals surface area contributed by atoms with Crippen molar-refractivity contribution < 1.29 is 31.5 Å². The van der Waals surface area contributed by atoms with Crippen molar-refractivity contribution in [3.63, 3.8) is 0 Å². The monoisotopic (exact) mass is 329 g/mol. The molecule has 6 nitrogen and oxygen atoms in total. The lowest BCUT2D eigenvalue weighted by Crippen LogP contribution is -3.00. The molecule has 0 bridgehead atoms. The summed E-state index contributed by atoms with van der Waals surface area (Å²) in [5, 5.41) is 12.6. The van der Waals surface area contributed by atoms with Gasteiger partial charge in [-0.15, -0.1) is 0 Å². The van der Waals surface area contributed by atoms with Gasteiger partial charge in [-0.1, -0.05) is 0 Å². The number of carbonyl (C=O) groups is 1. The molecule has 1 saturated heterocycles. The Kier molecular flexibility index (Phi) is 6.47. The molecule has 1 heterocycles. The molecule has 1 aliphatic heterocycles. The molecule has 0 saturated carbocycles. The third-order valence-electron chi connectivity index (χ3n) is 4.05. The Bertz CT molecular complexity index is 517. The summed E-state index contributed by atoms with van der Waals surface area (Å²) in [4.78, 5) is 14.5. The topological polar surface area (TPSA) is 61.8 Å². The van der Waals surface area contributed by atoms with Gasteiger partial charge in [-0.25, -0.2) is 0 Å². The van der Waals surface area contributed by atoms with E-state index < -0.39 is 0 Å². The van der Waals surface area contributed by atoms with Crippen molar-refractivity contribution in [1.29, 1.82) is 0 Å². The number of methoxy groups -OCH3 is 1. The van der Waals surface area contributed by atoms with Gasteiger partial charge in [-0.05, 0) is 19.2 Å². The van der Waals surface area contributed by atoms with Crippen LogP contribution >= 0.6 is 0 Å². The van der Waals surface area contributed by atoms with Crippen LogP contribution in [0, 0.1) is 0 Å². The number of rotatable bonds is 4. The quantitative estimate of drug-likeness (QED) is 0.483. The molecule has 1 fully saturated rings. The van der Waals surface area contributed by atoms with E-state index in [0.717, 1.165) is 30.7 Å². The third-order valence-corrected chi connectivity index (χ3v) is 4.05. The van der Waals surface area contributed by atoms with E-state index in [0.29, 0.717) is 18.0 Å². The highest BCUT2D eigenvalue weighted by molar-refractivity contribution is 5.93. The van der Waals surface area contributed by atoms with Crippen molar-refractivity contribution in [3.8, 4) is 11.5 Å². The van der Waals surface area contributed by atoms with Gasteiger partial charge in [-0.3, -0.25) is 9.69 Å². The second-order valence-corrected chi connectivity index (χ2v) is 5.96. The lowest BCUT2D eigenvalue weighted by molar-refractivity contribution is -0.905. The van der Waals surface area contributed by atoms with Gasteiger partial charge >= 0.3 is 0 Å². The molecule has 0 aromatic heterocycles. The van der Waals surface area contributed by atoms with Crippen LogP contribution in [-0.4, -0.2) is 74.3 Å². The summed E-state index contributed by atoms with van der Waals surface area (Å²) in [7, 11) is 5.74. The minimum absolute atomic E-state index is 0. The number of benzene rings is 1. The number of likely N-dealkylation sites (N-methyl/N-ethyl adjacent to an activating group) is 2. The molecule has 7 heteroatoms. The molecule has 2 N–H and O–H groups in total. The van der Waals surface area contributed by atoms with E-state index in [1.165, 1.54) is 6.07 Å². The summed E-state index contributed by atoms with van der Waals surface area (Å²) >= 11 is 0. The largest absolute Gasteiger partial charge is 1.00 e. The molecule has 0 aliphatic carbocycles. The van der Waals surface area contributed by atoms with Crippen molar-refractivity contribution in [2.45, 2.75) is 0 Å². The number of carbonyl (C=O) groups excluding carboxylic acids is 1. The van der Waals surface area contributed by atoms with Gasteiger partial charge < -0.3 is 32.1 Å². The van der Waals surface area contributed by atoms with Crippen molar-refractivity contribution in [2.75, 3.05) is 59.2 Å². The first-order chi connectivity index (χ1) is 9.92. The third kappa shape index (κ3) is 4.76. The van der Waals surface area contributed by atoms with Crippen molar-refractivity contribution >= 4 is 11.6 Å². The van der Waals surface area contributed by atoms with Crippen LogP contribution in [0.4, 0.5) is 5.69 Å². The first kappa shape index (κ1) is 18.5. The lowest BCUT2D eigenvalue weighted by atomic mass is 10.2. The number of nitrogens with zero attached hydrogens (tertiary/aromatic N) is 2. The van der Waals surface area contributed by atoms with Crippen LogP contribution in [0.25, 0.3) is 0 Å². The summed E-state index contributed by atoms with van der Waals surface area (Å²) < 4.78 is 5.82. The lowest BCUT2D eigenvalue weighted by Gasteiger charge is -2.40. The van der Waals surface area contributed by atoms with Crippen LogP contribution in [-0.2, 0) is 4.79 Å². The summed E-state index contributed by atoms with van der Waals surface area (Å²) in [6.07, 6.45) is 0. The Labute approximate surface area is 137 Å². The molecule has 0 atom stereocenters. The molecule has 1 aromatic rings. The van der Waals surface area contributed by atoms with Gasteiger partial charge in [0.1, 0.15) is 11.5 Å². The summed E-state index contributed by atoms with van der Waals surface area (Å²) in [6, 6.07) is 4.79. The second-order valence-electron chi connectivity index (χ2n) is 5.96. The average Bonchev–Trinajstić information content (AvgIpc) is 2.44. The van der Waals surface area contributed by atoms with Crippen LogP contribution in [0.2, 0.25) is 0 Å². The number of quaternary nitrogens is 1. The van der Waals surface area contributed by atoms with E-state index in [1.807, 2.05) is 0 Å². The molecule has 2 rings (SSSR count). The first-order valence-electron chi connectivity index (χ1n) is 7.11. The Morgan fingerprint density at radius 1 is 1.41 bits per heavy atom. The Morgan fingerprint density at radius 2 is 2.05 bits per heavy atom. The van der Waals surface area contributed by atoms with Gasteiger partial charge in [0, 0.05) is 19.2 Å². The van der Waals surface area contributed by atoms with Crippen LogP contribution in [0.1, 0.15) is 0 Å². The standard InChI is InChI=1S/C15H23N3O3.ClH/c1-17-6-8-18(2,9-7-17)11-15(20)16-13-10-12(21-3)4-5-14(13)19;/h4-5,10H,6-9,11H2,1-3H3,(H-,16,19,20);1H. The number of phenolic OH excluding ortho intramolecular Hbond substituents is 1. The number of halogens is 1. The molecule has 1 amide bonds. The second kappa shape index (κ2) is 7.67. The number of ether oxygens (including phenoxy) is 1. The van der Waals surface area contributed by atoms with E-state index in [4.69, 9.17) is 4.74 Å². The maximum atomic E-state index is 12.2. The van der Waals surface area contributed by atoms with E-state index >= 15 is 0 Å². The minimum Gasteiger partial charge on any atom is -1.00 e. The molecular formula is C15H24ClN3O3. The fourth-order valence-corrected chi connectivity index (χ4v) is 2.48. The number of anilines is 1. The van der Waals surface area contributed by atoms with Crippen LogP contribution in [0.15, 0.2) is 18.2 Å². The highest BCUT2D eigenvalue weighted by Gasteiger charge is 2.29. The predicted molar refractivity (Wildman–Crippen MR) is 81.6 cm³/mol. The number of piperazine rings is 1. The number of hydrogen-bond acceptors (Lipinski definition) is 4. The van der Waals surface area contributed by atoms with Gasteiger partial charge in [0.15, 0.2) is 6.54 Å². The van der Waals surface area contributed by atoms with E-state index in [9.17, 15) is 9.90 Å². The van der Waals surface area contributed by atoms with Crippen molar-refractivity contribution in [2.24, 2.45) is 0 Å². The zero-order valence-electron chi connectivity index (χ0n) is 13.3. The van der Waals surface area contributed by atoms with Gasteiger partial charge in [0.2, 0.25) is 0 Å². The Balaban J connectivity index is 0.00000242. The molecule has 124 valence electrons. The molecule has 1 aliphatic rings. The average molecular weight is 330 g/mol. The molecule has 0 radical (unpaired) electrons. The summed E-state index contributed by atoms with van der Waals surface area (Å²) in [5.41, 5.74) is 0.389. The summed E-state index contributed by atoms with van der Waals surface area (Å²) in [6.45, 7) is 4.30. The fourth-order valence-electron chi connectivity index (χ4n) is 2.48. The highest BCUT2D eigenvalue weighted by atomic mass is 35.5. The SMILES string of the molecule is COc1ccc(O)c(NC(=O)C[N+]2(C)CCN(C)CC2)c1.[Cl-]. The normalized spacial score (nSPS) is 17.4. The maximum absolute atomic E-state index is 12.2. The minimum atomic E-state index is -0.0920. The number of phenols is 1. The number of aromatic hydroxyl groups is 1. The first-order valence-corrected chi connectivity index (χ1v) is 7.11. The number of hydrogen-bond donors (Lipinski definition) is 2. The van der Waals surface area contributed by atoms with E-state index in [-0.39, 0.29) is 24.1 Å². The van der Waals surface area contributed by atoms with Gasteiger partial charge in [0.25, 0.3) is 5.91 Å². The Morgan fingerprint density at radius 3 is 2.64 bits per heavy atom. The fraction of sp³-hybridized carbons (Fsp3) is 0.533. The van der Waals surface area contributed by atoms with Crippen LogP contribution < -0.4 is 22.5 Å². The zero-order valence-corrected chi connectivity index (χ0v) is 14.1. The number of nitrogens with one attached hydrogen (secondary N) is 1. The van der Waals surface area contributed by atoms with Crippen LogP contribution in [0.3, 0.4) is 0 Å². The van der Waals surface area contributed by atoms with Crippen molar-refractivity contribution in [3.05, 3.63) is 18.2 Å². The number of amides is 1. The summed E-state index contributed by atoms with van der Waals surface area (Å²) in [5.74, 6) is 0.555. The predicted octanol–water partition coefficient (Wildman–Crippen LogP) is -2.26. The van der Waals surface area contributed by atoms with Gasteiger partial charge in [-0.2, -0.15) is 0 Å². The van der Waals surface area contributed by atoms with E-state index in [1.54, 1.807) is 19.2 Å². The van der Waals surface area contributed by atoms with Gasteiger partial charge in [0.05, 0.1) is 32.9 Å². The Hall–Kier alpha value is -1.50. The molecular weight excluding hydrogens is 306 g/mol. The molecule has 22 heavy (non-hydrogen) atoms. The molecule has 0 spiro atoms. The van der Waals surface area contributed by atoms with Crippen LogP contribution in [0.5, 0.6) is 11.5 Å². The molecule has 0 unspecified atom stereocenters. The zero-order chi connectivity index (χ0) is 15.5. The smallest absolute Gasteiger partial charge is 0.279 e.